The van der Waals surface area contributed by atoms with Crippen LogP contribution in [-0.4, -0.2) is 67.8 Å². The van der Waals surface area contributed by atoms with Crippen LogP contribution in [0.4, 0.5) is 5.13 Å². The molecular weight excluding hydrogens is 556 g/mol. The van der Waals surface area contributed by atoms with Crippen molar-refractivity contribution in [2.75, 3.05) is 44.2 Å². The topological polar surface area (TPSA) is 121 Å². The number of hydrogen-bond acceptors (Lipinski definition) is 8. The average Bonchev–Trinajstić information content (AvgIpc) is 3.33. The van der Waals surface area contributed by atoms with Crippen LogP contribution in [0.25, 0.3) is 10.2 Å². The lowest BCUT2D eigenvalue weighted by molar-refractivity contribution is 0.0983. The van der Waals surface area contributed by atoms with Gasteiger partial charge in [0.2, 0.25) is 10.0 Å². The molecule has 0 bridgehead atoms. The van der Waals surface area contributed by atoms with Crippen LogP contribution in [0.2, 0.25) is 0 Å². The smallest absolute Gasteiger partial charge is 0.260 e. The Morgan fingerprint density at radius 3 is 2.13 bits per heavy atom. The number of rotatable bonds is 13. The number of benzene rings is 2. The van der Waals surface area contributed by atoms with Crippen LogP contribution in [0.1, 0.15) is 42.6 Å². The van der Waals surface area contributed by atoms with Crippen LogP contribution in [0.5, 0.6) is 0 Å². The Morgan fingerprint density at radius 2 is 1.56 bits per heavy atom. The highest BCUT2D eigenvalue weighted by atomic mass is 35.5. The van der Waals surface area contributed by atoms with Gasteiger partial charge in [0.25, 0.3) is 5.91 Å². The molecule has 1 aromatic heterocycles. The first-order chi connectivity index (χ1) is 18.2. The molecule has 1 amide bonds. The largest absolute Gasteiger partial charge is 0.302 e. The Balaban J connectivity index is 0.00000533. The molecule has 0 saturated carbocycles. The summed E-state index contributed by atoms with van der Waals surface area (Å²) in [6.07, 6.45) is 0.0365. The van der Waals surface area contributed by atoms with E-state index in [2.05, 4.69) is 18.7 Å². The minimum Gasteiger partial charge on any atom is -0.302 e. The minimum atomic E-state index is -3.92. The summed E-state index contributed by atoms with van der Waals surface area (Å²) in [4.78, 5) is 22.3. The molecule has 0 radical (unpaired) electrons. The monoisotopic (exact) mass is 588 g/mol. The second kappa shape index (κ2) is 14.9. The van der Waals surface area contributed by atoms with E-state index in [1.54, 1.807) is 4.90 Å². The Bertz CT molecular complexity index is 1420. The summed E-state index contributed by atoms with van der Waals surface area (Å²) in [5.74, 6) is -0.261. The Hall–Kier alpha value is -3.06. The standard InChI is InChI=1S/C27H32N6O3S2.ClH/c1-4-31(5-2)18-19-33(27-30-24-13-8-21(3)20-25(24)37-27)26(34)22-9-11-23(12-10-22)38(35,36)32(16-6-14-28)17-7-15-29;/h8-13,20H,4-7,16-19H2,1-3H3;1H. The molecule has 9 nitrogen and oxygen atoms in total. The zero-order chi connectivity index (χ0) is 27.7. The third kappa shape index (κ3) is 7.98. The molecule has 0 fully saturated rings. The van der Waals surface area contributed by atoms with Crippen LogP contribution in [-0.2, 0) is 10.0 Å². The van der Waals surface area contributed by atoms with Crippen LogP contribution < -0.4 is 4.90 Å². The van der Waals surface area contributed by atoms with Gasteiger partial charge in [0, 0.05) is 44.6 Å². The number of fused-ring (bicyclic) bond motifs is 1. The zero-order valence-corrected chi connectivity index (χ0v) is 24.8. The number of thiazole rings is 1. The van der Waals surface area contributed by atoms with E-state index in [-0.39, 0.29) is 49.1 Å². The van der Waals surface area contributed by atoms with Crippen molar-refractivity contribution >= 4 is 55.0 Å². The molecular formula is C27H33ClN6O3S2. The third-order valence-electron chi connectivity index (χ3n) is 6.23. The first kappa shape index (κ1) is 32.2. The maximum absolute atomic E-state index is 13.7. The van der Waals surface area contributed by atoms with Gasteiger partial charge in [0.1, 0.15) is 0 Å². The maximum Gasteiger partial charge on any atom is 0.260 e. The number of sulfonamides is 1. The highest BCUT2D eigenvalue weighted by Gasteiger charge is 2.26. The number of aryl methyl sites for hydroxylation is 1. The van der Waals surface area contributed by atoms with E-state index in [1.165, 1.54) is 35.6 Å². The van der Waals surface area contributed by atoms with Crippen molar-refractivity contribution in [2.24, 2.45) is 0 Å². The summed E-state index contributed by atoms with van der Waals surface area (Å²) in [5, 5.41) is 18.4. The van der Waals surface area contributed by atoms with Crippen LogP contribution in [0.3, 0.4) is 0 Å². The molecule has 1 heterocycles. The predicted molar refractivity (Wildman–Crippen MR) is 157 cm³/mol. The summed E-state index contributed by atoms with van der Waals surface area (Å²) in [6.45, 7) is 8.99. The summed E-state index contributed by atoms with van der Waals surface area (Å²) < 4.78 is 28.4. The van der Waals surface area contributed by atoms with Gasteiger partial charge in [0.15, 0.2) is 5.13 Å². The Kier molecular flexibility index (Phi) is 12.3. The lowest BCUT2D eigenvalue weighted by atomic mass is 10.2. The van der Waals surface area contributed by atoms with Crippen molar-refractivity contribution in [3.63, 3.8) is 0 Å². The number of nitriles is 2. The molecule has 208 valence electrons. The molecule has 0 N–H and O–H groups in total. The van der Waals surface area contributed by atoms with Gasteiger partial charge in [0.05, 0.1) is 27.3 Å². The summed E-state index contributed by atoms with van der Waals surface area (Å²) >= 11 is 1.46. The third-order valence-corrected chi connectivity index (χ3v) is 9.18. The number of carbonyl (C=O) groups is 1. The highest BCUT2D eigenvalue weighted by Crippen LogP contribution is 2.30. The Labute approximate surface area is 240 Å². The number of aromatic nitrogens is 1. The van der Waals surface area contributed by atoms with Gasteiger partial charge in [-0.15, -0.1) is 12.4 Å². The van der Waals surface area contributed by atoms with Crippen molar-refractivity contribution in [2.45, 2.75) is 38.5 Å². The molecule has 0 unspecified atom stereocenters. The molecule has 3 aromatic rings. The van der Waals surface area contributed by atoms with Crippen LogP contribution in [0, 0.1) is 29.6 Å². The summed E-state index contributed by atoms with van der Waals surface area (Å²) in [7, 11) is -3.92. The van der Waals surface area contributed by atoms with Crippen molar-refractivity contribution in [3.05, 3.63) is 53.6 Å². The van der Waals surface area contributed by atoms with E-state index in [9.17, 15) is 13.2 Å². The SMILES string of the molecule is CCN(CC)CCN(C(=O)c1ccc(S(=O)(=O)N(CCC#N)CCC#N)cc1)c1nc2ccc(C)cc2s1.Cl. The maximum atomic E-state index is 13.7. The molecule has 2 aromatic carbocycles. The van der Waals surface area contributed by atoms with E-state index in [1.807, 2.05) is 37.3 Å². The van der Waals surface area contributed by atoms with Crippen molar-refractivity contribution in [1.82, 2.24) is 14.2 Å². The number of hydrogen-bond donors (Lipinski definition) is 0. The Morgan fingerprint density at radius 1 is 0.949 bits per heavy atom. The number of likely N-dealkylation sites (N-methyl/N-ethyl adjacent to an activating group) is 1. The molecule has 0 aliphatic carbocycles. The van der Waals surface area contributed by atoms with E-state index in [4.69, 9.17) is 15.5 Å². The zero-order valence-electron chi connectivity index (χ0n) is 22.3. The van der Waals surface area contributed by atoms with Crippen LogP contribution in [0.15, 0.2) is 47.4 Å². The second-order valence-electron chi connectivity index (χ2n) is 8.70. The number of carbonyl (C=O) groups excluding carboxylic acids is 1. The van der Waals surface area contributed by atoms with Gasteiger partial charge in [-0.25, -0.2) is 13.4 Å². The van der Waals surface area contributed by atoms with Gasteiger partial charge in [-0.3, -0.25) is 9.69 Å². The lowest BCUT2D eigenvalue weighted by Gasteiger charge is -2.25. The normalized spacial score (nSPS) is 11.3. The summed E-state index contributed by atoms with van der Waals surface area (Å²) in [5.41, 5.74) is 2.29. The van der Waals surface area contributed by atoms with Gasteiger partial charge in [-0.2, -0.15) is 14.8 Å². The fraction of sp³-hybridized carbons (Fsp3) is 0.407. The molecule has 12 heteroatoms. The van der Waals surface area contributed by atoms with E-state index < -0.39 is 10.0 Å². The fourth-order valence-corrected chi connectivity index (χ4v) is 6.51. The quantitative estimate of drug-likeness (QED) is 0.280. The van der Waals surface area contributed by atoms with Gasteiger partial charge in [-0.1, -0.05) is 31.3 Å². The lowest BCUT2D eigenvalue weighted by Crippen LogP contribution is -2.39. The number of amides is 1. The van der Waals surface area contributed by atoms with E-state index >= 15 is 0 Å². The van der Waals surface area contributed by atoms with Crippen molar-refractivity contribution in [3.8, 4) is 12.1 Å². The number of anilines is 1. The molecule has 39 heavy (non-hydrogen) atoms. The second-order valence-corrected chi connectivity index (χ2v) is 11.6. The molecule has 0 atom stereocenters. The average molecular weight is 589 g/mol. The molecule has 0 aliphatic heterocycles. The molecule has 3 rings (SSSR count). The van der Waals surface area contributed by atoms with Gasteiger partial charge in [-0.05, 0) is 62.0 Å². The van der Waals surface area contributed by atoms with Gasteiger partial charge < -0.3 is 4.90 Å². The summed E-state index contributed by atoms with van der Waals surface area (Å²) in [6, 6.07) is 15.7. The van der Waals surface area contributed by atoms with E-state index in [0.29, 0.717) is 23.8 Å². The molecule has 0 saturated heterocycles. The number of nitrogens with zero attached hydrogens (tertiary/aromatic N) is 6. The highest BCUT2D eigenvalue weighted by molar-refractivity contribution is 7.89. The van der Waals surface area contributed by atoms with E-state index in [0.717, 1.165) is 33.2 Å². The first-order valence-corrected chi connectivity index (χ1v) is 14.8. The van der Waals surface area contributed by atoms with Crippen molar-refractivity contribution in [1.29, 1.82) is 10.5 Å². The molecule has 0 aliphatic rings. The minimum absolute atomic E-state index is 0. The van der Waals surface area contributed by atoms with Crippen LogP contribution >= 0.6 is 23.7 Å². The van der Waals surface area contributed by atoms with Crippen molar-refractivity contribution < 1.29 is 13.2 Å². The molecule has 0 spiro atoms. The predicted octanol–water partition coefficient (Wildman–Crippen LogP) is 4.83. The number of halogens is 1. The first-order valence-electron chi connectivity index (χ1n) is 12.5. The van der Waals surface area contributed by atoms with Gasteiger partial charge >= 0.3 is 0 Å². The fourth-order valence-electron chi connectivity index (χ4n) is 3.98.